The number of halogens is 3. The van der Waals surface area contributed by atoms with Crippen LogP contribution in [0.15, 0.2) is 16.8 Å². The van der Waals surface area contributed by atoms with Crippen molar-refractivity contribution < 1.29 is 13.2 Å². The molecule has 5 heteroatoms. The van der Waals surface area contributed by atoms with Gasteiger partial charge >= 0.3 is 6.18 Å². The largest absolute Gasteiger partial charge is 0.435 e. The summed E-state index contributed by atoms with van der Waals surface area (Å²) in [4.78, 5) is 0. The zero-order valence-electron chi connectivity index (χ0n) is 8.81. The Morgan fingerprint density at radius 2 is 1.86 bits per heavy atom. The van der Waals surface area contributed by atoms with Gasteiger partial charge in [0, 0.05) is 7.05 Å². The first-order valence-electron chi connectivity index (χ1n) is 4.43. The minimum atomic E-state index is -4.34. The highest BCUT2D eigenvalue weighted by molar-refractivity contribution is 6.00. The van der Waals surface area contributed by atoms with Gasteiger partial charge in [0.05, 0.1) is 6.54 Å². The van der Waals surface area contributed by atoms with E-state index in [2.05, 4.69) is 5.10 Å². The molecule has 82 valence electrons. The van der Waals surface area contributed by atoms with Gasteiger partial charge in [0.1, 0.15) is 0 Å². The molecule has 0 bridgehead atoms. The molecule has 1 aliphatic rings. The van der Waals surface area contributed by atoms with Gasteiger partial charge < -0.3 is 0 Å². The van der Waals surface area contributed by atoms with E-state index in [4.69, 9.17) is 0 Å². The molecule has 0 aromatic rings. The minimum absolute atomic E-state index is 0.458. The summed E-state index contributed by atoms with van der Waals surface area (Å²) in [6, 6.07) is 0. The molecule has 2 nitrogen and oxygen atoms in total. The second kappa shape index (κ2) is 5.02. The van der Waals surface area contributed by atoms with Gasteiger partial charge in [0.15, 0.2) is 5.71 Å². The Labute approximate surface area is 82.1 Å². The van der Waals surface area contributed by atoms with Crippen LogP contribution in [0.5, 0.6) is 0 Å². The number of nitrogens with zero attached hydrogens (tertiary/aromatic N) is 2. The van der Waals surface area contributed by atoms with Crippen LogP contribution in [0.25, 0.3) is 0 Å². The highest BCUT2D eigenvalue weighted by atomic mass is 19.4. The summed E-state index contributed by atoms with van der Waals surface area (Å²) in [6.45, 7) is 6.11. The van der Waals surface area contributed by atoms with Crippen molar-refractivity contribution in [2.24, 2.45) is 5.10 Å². The second-order valence-electron chi connectivity index (χ2n) is 2.79. The number of allylic oxidation sites excluding steroid dienone is 1. The van der Waals surface area contributed by atoms with Gasteiger partial charge in [0.2, 0.25) is 0 Å². The molecule has 14 heavy (non-hydrogen) atoms. The molecular formula is C9H15F3N2. The summed E-state index contributed by atoms with van der Waals surface area (Å²) in [7, 11) is 1.52. The third-order valence-electron chi connectivity index (χ3n) is 1.43. The van der Waals surface area contributed by atoms with Gasteiger partial charge in [-0.3, -0.25) is 5.01 Å². The van der Waals surface area contributed by atoms with Crippen LogP contribution in [0.3, 0.4) is 0 Å². The number of hydrogen-bond acceptors (Lipinski definition) is 2. The minimum Gasteiger partial charge on any atom is -0.295 e. The van der Waals surface area contributed by atoms with Gasteiger partial charge in [-0.05, 0) is 13.0 Å². The van der Waals surface area contributed by atoms with Crippen LogP contribution in [0.1, 0.15) is 20.8 Å². The lowest BCUT2D eigenvalue weighted by Gasteiger charge is -2.20. The van der Waals surface area contributed by atoms with Crippen molar-refractivity contribution in [3.8, 4) is 0 Å². The summed E-state index contributed by atoms with van der Waals surface area (Å²) >= 11 is 0. The number of hydrazone groups is 1. The van der Waals surface area contributed by atoms with E-state index in [0.717, 1.165) is 6.08 Å². The predicted octanol–water partition coefficient (Wildman–Crippen LogP) is 2.82. The Hall–Kier alpha value is -1.00. The van der Waals surface area contributed by atoms with Gasteiger partial charge in [-0.15, -0.1) is 0 Å². The highest BCUT2D eigenvalue weighted by Crippen LogP contribution is 2.21. The highest BCUT2D eigenvalue weighted by Gasteiger charge is 2.35. The molecule has 0 aromatic heterocycles. The van der Waals surface area contributed by atoms with E-state index < -0.39 is 11.9 Å². The summed E-state index contributed by atoms with van der Waals surface area (Å²) in [5.41, 5.74) is -0.159. The Morgan fingerprint density at radius 3 is 2.21 bits per heavy atom. The first-order valence-corrected chi connectivity index (χ1v) is 4.43. The number of likely N-dealkylation sites (N-methyl/N-ethyl adjacent to an activating group) is 1. The third-order valence-corrected chi connectivity index (χ3v) is 1.43. The lowest BCUT2D eigenvalue weighted by molar-refractivity contribution is -0.0592. The molecule has 0 amide bonds. The molecule has 0 aliphatic carbocycles. The quantitative estimate of drug-likeness (QED) is 0.597. The topological polar surface area (TPSA) is 15.6 Å². The van der Waals surface area contributed by atoms with E-state index in [9.17, 15) is 13.2 Å². The molecule has 0 spiro atoms. The molecule has 0 radical (unpaired) electrons. The van der Waals surface area contributed by atoms with Crippen LogP contribution in [0.2, 0.25) is 0 Å². The first-order chi connectivity index (χ1) is 6.39. The van der Waals surface area contributed by atoms with Gasteiger partial charge in [-0.1, -0.05) is 19.4 Å². The smallest absolute Gasteiger partial charge is 0.295 e. The summed E-state index contributed by atoms with van der Waals surface area (Å²) < 4.78 is 36.3. The number of hydrogen-bond donors (Lipinski definition) is 0. The van der Waals surface area contributed by atoms with Gasteiger partial charge in [0.25, 0.3) is 0 Å². The van der Waals surface area contributed by atoms with E-state index in [-0.39, 0.29) is 0 Å². The monoisotopic (exact) mass is 208 g/mol. The van der Waals surface area contributed by atoms with Crippen molar-refractivity contribution in [1.29, 1.82) is 0 Å². The average Bonchev–Trinajstić information content (AvgIpc) is 2.04. The predicted molar refractivity (Wildman–Crippen MR) is 51.2 cm³/mol. The Morgan fingerprint density at radius 1 is 1.36 bits per heavy atom. The van der Waals surface area contributed by atoms with Crippen molar-refractivity contribution in [1.82, 2.24) is 5.01 Å². The van der Waals surface area contributed by atoms with E-state index in [0.29, 0.717) is 12.1 Å². The number of rotatable bonds is 0. The van der Waals surface area contributed by atoms with Gasteiger partial charge in [-0.2, -0.15) is 18.3 Å². The zero-order valence-corrected chi connectivity index (χ0v) is 8.81. The Kier molecular flexibility index (Phi) is 4.67. The van der Waals surface area contributed by atoms with Crippen LogP contribution < -0.4 is 0 Å². The van der Waals surface area contributed by atoms with E-state index in [1.54, 1.807) is 6.92 Å². The fourth-order valence-corrected chi connectivity index (χ4v) is 1.03. The maximum Gasteiger partial charge on any atom is 0.435 e. The van der Waals surface area contributed by atoms with E-state index >= 15 is 0 Å². The van der Waals surface area contributed by atoms with Crippen LogP contribution >= 0.6 is 0 Å². The maximum atomic E-state index is 12.1. The fraction of sp³-hybridized carbons (Fsp3) is 0.667. The summed E-state index contributed by atoms with van der Waals surface area (Å²) in [6.07, 6.45) is -3.27. The van der Waals surface area contributed by atoms with Crippen LogP contribution in [0.4, 0.5) is 13.2 Å². The Bertz CT molecular complexity index is 241. The molecule has 0 atom stereocenters. The molecule has 0 saturated heterocycles. The van der Waals surface area contributed by atoms with Crippen molar-refractivity contribution >= 4 is 5.71 Å². The van der Waals surface area contributed by atoms with Crippen molar-refractivity contribution in [3.63, 3.8) is 0 Å². The van der Waals surface area contributed by atoms with Crippen molar-refractivity contribution in [2.75, 3.05) is 13.6 Å². The summed E-state index contributed by atoms with van der Waals surface area (Å²) in [5, 5.41) is 4.63. The SMILES string of the molecule is CC.CC1=CC(C(F)(F)F)=NN(C)C1. The molecule has 1 rings (SSSR count). The third kappa shape index (κ3) is 3.81. The van der Waals surface area contributed by atoms with Crippen molar-refractivity contribution in [3.05, 3.63) is 11.6 Å². The molecule has 0 saturated carbocycles. The standard InChI is InChI=1S/C7H9F3N2.C2H6/c1-5-3-6(7(8,9)10)11-12(2)4-5;1-2/h3H,4H2,1-2H3;1-2H3. The lowest BCUT2D eigenvalue weighted by Crippen LogP contribution is -2.29. The fourth-order valence-electron chi connectivity index (χ4n) is 1.03. The van der Waals surface area contributed by atoms with E-state index in [1.807, 2.05) is 13.8 Å². The molecule has 1 aliphatic heterocycles. The molecular weight excluding hydrogens is 193 g/mol. The summed E-state index contributed by atoms with van der Waals surface area (Å²) in [5.74, 6) is 0. The van der Waals surface area contributed by atoms with Crippen LogP contribution in [-0.2, 0) is 0 Å². The normalized spacial score (nSPS) is 16.6. The average molecular weight is 208 g/mol. The number of alkyl halides is 3. The van der Waals surface area contributed by atoms with E-state index in [1.165, 1.54) is 12.1 Å². The van der Waals surface area contributed by atoms with Crippen molar-refractivity contribution in [2.45, 2.75) is 26.9 Å². The zero-order chi connectivity index (χ0) is 11.4. The van der Waals surface area contributed by atoms with Crippen LogP contribution in [-0.4, -0.2) is 30.5 Å². The molecule has 0 N–H and O–H groups in total. The molecule has 0 fully saturated rings. The lowest BCUT2D eigenvalue weighted by atomic mass is 10.2. The maximum absolute atomic E-state index is 12.1. The van der Waals surface area contributed by atoms with Gasteiger partial charge in [-0.25, -0.2) is 0 Å². The Balaban J connectivity index is 0.000000791. The molecule has 0 unspecified atom stereocenters. The van der Waals surface area contributed by atoms with Crippen LogP contribution in [0, 0.1) is 0 Å². The second-order valence-corrected chi connectivity index (χ2v) is 2.79. The molecule has 0 aromatic carbocycles. The first kappa shape index (κ1) is 13.0. The molecule has 1 heterocycles.